The number of aromatic nitrogens is 2. The molecule has 0 saturated carbocycles. The van der Waals surface area contributed by atoms with E-state index in [0.29, 0.717) is 19.0 Å². The Bertz CT molecular complexity index is 714. The van der Waals surface area contributed by atoms with Crippen LogP contribution in [0.25, 0.3) is 0 Å². The number of hydrogen-bond acceptors (Lipinski definition) is 4. The van der Waals surface area contributed by atoms with Gasteiger partial charge in [0.15, 0.2) is 0 Å². The summed E-state index contributed by atoms with van der Waals surface area (Å²) in [5.74, 6) is 1.10. The van der Waals surface area contributed by atoms with E-state index >= 15 is 0 Å². The minimum atomic E-state index is 0.203. The number of hydrogen-bond donors (Lipinski definition) is 1. The monoisotopic (exact) mass is 342 g/mol. The lowest BCUT2D eigenvalue weighted by atomic mass is 10.0. The molecular formula is C19H26N4O2. The Morgan fingerprint density at radius 3 is 2.96 bits per heavy atom. The zero-order chi connectivity index (χ0) is 17.8. The van der Waals surface area contributed by atoms with Gasteiger partial charge in [-0.1, -0.05) is 6.07 Å². The van der Waals surface area contributed by atoms with Crippen LogP contribution in [0.4, 0.5) is 0 Å². The summed E-state index contributed by atoms with van der Waals surface area (Å²) < 4.78 is 7.39. The number of nitrogens with one attached hydrogen (secondary N) is 1. The molecule has 0 aliphatic carbocycles. The predicted molar refractivity (Wildman–Crippen MR) is 96.5 cm³/mol. The Kier molecular flexibility index (Phi) is 5.38. The van der Waals surface area contributed by atoms with Gasteiger partial charge in [0.05, 0.1) is 13.7 Å². The van der Waals surface area contributed by atoms with Crippen molar-refractivity contribution in [1.82, 2.24) is 20.0 Å². The van der Waals surface area contributed by atoms with E-state index in [2.05, 4.69) is 29.5 Å². The summed E-state index contributed by atoms with van der Waals surface area (Å²) in [6.45, 7) is 3.60. The van der Waals surface area contributed by atoms with Crippen LogP contribution in [0.3, 0.4) is 0 Å². The Hall–Kier alpha value is -2.34. The molecule has 0 bridgehead atoms. The number of benzene rings is 1. The van der Waals surface area contributed by atoms with E-state index in [-0.39, 0.29) is 11.9 Å². The number of likely N-dealkylation sites (N-methyl/N-ethyl adjacent to an activating group) is 1. The van der Waals surface area contributed by atoms with Crippen molar-refractivity contribution in [3.05, 3.63) is 47.8 Å². The second-order valence-electron chi connectivity index (χ2n) is 6.67. The van der Waals surface area contributed by atoms with Crippen molar-refractivity contribution in [2.75, 3.05) is 20.7 Å². The summed E-state index contributed by atoms with van der Waals surface area (Å²) in [5.41, 5.74) is 2.32. The number of carbonyl (C=O) groups is 1. The molecule has 0 spiro atoms. The maximum Gasteiger partial charge on any atom is 0.222 e. The molecule has 1 aliphatic heterocycles. The topological polar surface area (TPSA) is 59.4 Å². The molecule has 6 heteroatoms. The van der Waals surface area contributed by atoms with Gasteiger partial charge in [0.25, 0.3) is 0 Å². The molecule has 134 valence electrons. The van der Waals surface area contributed by atoms with Crippen LogP contribution in [-0.4, -0.2) is 47.3 Å². The van der Waals surface area contributed by atoms with Crippen molar-refractivity contribution in [3.63, 3.8) is 0 Å². The summed E-state index contributed by atoms with van der Waals surface area (Å²) in [6.07, 6.45) is 5.24. The fourth-order valence-electron chi connectivity index (χ4n) is 3.36. The fraction of sp³-hybridized carbons (Fsp3) is 0.474. The number of carbonyl (C=O) groups excluding carboxylic acids is 1. The summed E-state index contributed by atoms with van der Waals surface area (Å²) in [4.78, 5) is 13.4. The van der Waals surface area contributed by atoms with Crippen LogP contribution in [-0.2, 0) is 11.3 Å². The van der Waals surface area contributed by atoms with Crippen LogP contribution in [0, 0.1) is 0 Å². The molecule has 0 unspecified atom stereocenters. The van der Waals surface area contributed by atoms with Gasteiger partial charge in [-0.2, -0.15) is 5.10 Å². The SMILES string of the molecule is COc1ccc([C@H](C)N[C@H]2CCC(=O)N(C)C2)cc1Cn1cccn1. The first kappa shape index (κ1) is 17.5. The van der Waals surface area contributed by atoms with Crippen molar-refractivity contribution >= 4 is 5.91 Å². The second kappa shape index (κ2) is 7.70. The first-order valence-corrected chi connectivity index (χ1v) is 8.71. The zero-order valence-corrected chi connectivity index (χ0v) is 15.1. The molecule has 1 aromatic heterocycles. The maximum atomic E-state index is 11.6. The average molecular weight is 342 g/mol. The normalized spacial score (nSPS) is 19.1. The van der Waals surface area contributed by atoms with Crippen molar-refractivity contribution in [2.45, 2.75) is 38.4 Å². The highest BCUT2D eigenvalue weighted by atomic mass is 16.5. The lowest BCUT2D eigenvalue weighted by Gasteiger charge is -2.32. The molecule has 1 amide bonds. The lowest BCUT2D eigenvalue weighted by Crippen LogP contribution is -2.47. The second-order valence-corrected chi connectivity index (χ2v) is 6.67. The van der Waals surface area contributed by atoms with E-state index in [1.54, 1.807) is 13.3 Å². The van der Waals surface area contributed by atoms with E-state index in [0.717, 1.165) is 24.3 Å². The number of ether oxygens (including phenoxy) is 1. The predicted octanol–water partition coefficient (Wildman–Crippen LogP) is 2.21. The van der Waals surface area contributed by atoms with Crippen molar-refractivity contribution in [1.29, 1.82) is 0 Å². The van der Waals surface area contributed by atoms with Crippen LogP contribution >= 0.6 is 0 Å². The number of likely N-dealkylation sites (tertiary alicyclic amines) is 1. The number of methoxy groups -OCH3 is 1. The van der Waals surface area contributed by atoms with Crippen LogP contribution < -0.4 is 10.1 Å². The van der Waals surface area contributed by atoms with Crippen LogP contribution in [0.15, 0.2) is 36.7 Å². The van der Waals surface area contributed by atoms with Crippen molar-refractivity contribution in [3.8, 4) is 5.75 Å². The fourth-order valence-corrected chi connectivity index (χ4v) is 3.36. The Morgan fingerprint density at radius 1 is 1.44 bits per heavy atom. The van der Waals surface area contributed by atoms with E-state index in [9.17, 15) is 4.79 Å². The zero-order valence-electron chi connectivity index (χ0n) is 15.1. The standard InChI is InChI=1S/C19H26N4O2/c1-14(21-17-6-8-19(24)22(2)13-17)15-5-7-18(25-3)16(11-15)12-23-10-4-9-20-23/h4-5,7,9-11,14,17,21H,6,8,12-13H2,1-3H3/t14-,17-/m0/s1. The molecule has 1 aliphatic rings. The third-order valence-electron chi connectivity index (χ3n) is 4.81. The first-order valence-electron chi connectivity index (χ1n) is 8.71. The highest BCUT2D eigenvalue weighted by Gasteiger charge is 2.24. The molecule has 1 fully saturated rings. The molecule has 0 radical (unpaired) electrons. The minimum absolute atomic E-state index is 0.203. The van der Waals surface area contributed by atoms with Crippen LogP contribution in [0.1, 0.15) is 36.9 Å². The van der Waals surface area contributed by atoms with E-state index < -0.39 is 0 Å². The summed E-state index contributed by atoms with van der Waals surface area (Å²) >= 11 is 0. The highest BCUT2D eigenvalue weighted by Crippen LogP contribution is 2.25. The number of nitrogens with zero attached hydrogens (tertiary/aromatic N) is 3. The van der Waals surface area contributed by atoms with Gasteiger partial charge in [-0.15, -0.1) is 0 Å². The quantitative estimate of drug-likeness (QED) is 0.874. The van der Waals surface area contributed by atoms with Gasteiger partial charge < -0.3 is 15.0 Å². The molecule has 6 nitrogen and oxygen atoms in total. The van der Waals surface area contributed by atoms with Crippen molar-refractivity contribution in [2.24, 2.45) is 0 Å². The number of amides is 1. The van der Waals surface area contributed by atoms with Gasteiger partial charge in [-0.05, 0) is 37.1 Å². The van der Waals surface area contributed by atoms with Gasteiger partial charge in [0, 0.05) is 50.1 Å². The summed E-state index contributed by atoms with van der Waals surface area (Å²) in [6, 6.07) is 8.74. The molecule has 2 aromatic rings. The van der Waals surface area contributed by atoms with Gasteiger partial charge in [0.1, 0.15) is 5.75 Å². The molecule has 1 saturated heterocycles. The molecule has 1 N–H and O–H groups in total. The molecule has 3 rings (SSSR count). The third kappa shape index (κ3) is 4.20. The van der Waals surface area contributed by atoms with Gasteiger partial charge in [-0.3, -0.25) is 9.48 Å². The number of rotatable bonds is 6. The van der Waals surface area contributed by atoms with Gasteiger partial charge >= 0.3 is 0 Å². The van der Waals surface area contributed by atoms with Crippen LogP contribution in [0.2, 0.25) is 0 Å². The average Bonchev–Trinajstić information content (AvgIpc) is 3.11. The first-order chi connectivity index (χ1) is 12.1. The molecular weight excluding hydrogens is 316 g/mol. The summed E-state index contributed by atoms with van der Waals surface area (Å²) in [7, 11) is 3.56. The third-order valence-corrected chi connectivity index (χ3v) is 4.81. The Balaban J connectivity index is 1.71. The Morgan fingerprint density at radius 2 is 2.28 bits per heavy atom. The highest BCUT2D eigenvalue weighted by molar-refractivity contribution is 5.76. The van der Waals surface area contributed by atoms with Gasteiger partial charge in [0.2, 0.25) is 5.91 Å². The van der Waals surface area contributed by atoms with Crippen LogP contribution in [0.5, 0.6) is 5.75 Å². The van der Waals surface area contributed by atoms with E-state index in [4.69, 9.17) is 4.74 Å². The summed E-state index contributed by atoms with van der Waals surface area (Å²) in [5, 5.41) is 7.93. The minimum Gasteiger partial charge on any atom is -0.496 e. The van der Waals surface area contributed by atoms with Gasteiger partial charge in [-0.25, -0.2) is 0 Å². The molecule has 2 heterocycles. The van der Waals surface area contributed by atoms with E-state index in [1.165, 1.54) is 5.56 Å². The molecule has 1 aromatic carbocycles. The lowest BCUT2D eigenvalue weighted by molar-refractivity contribution is -0.132. The largest absolute Gasteiger partial charge is 0.496 e. The molecule has 2 atom stereocenters. The number of piperidine rings is 1. The van der Waals surface area contributed by atoms with Crippen molar-refractivity contribution < 1.29 is 9.53 Å². The Labute approximate surface area is 148 Å². The smallest absolute Gasteiger partial charge is 0.222 e. The maximum absolute atomic E-state index is 11.6. The van der Waals surface area contributed by atoms with E-state index in [1.807, 2.05) is 35.0 Å². The molecule has 25 heavy (non-hydrogen) atoms.